The molecule has 6 heteroatoms. The number of hydrogen-bond acceptors (Lipinski definition) is 4. The van der Waals surface area contributed by atoms with Crippen LogP contribution in [0.5, 0.6) is 11.5 Å². The number of benzene rings is 2. The van der Waals surface area contributed by atoms with Gasteiger partial charge in [-0.25, -0.2) is 0 Å². The molecule has 1 heterocycles. The molecule has 0 aromatic heterocycles. The molecule has 3 rings (SSSR count). The average molecular weight is 368 g/mol. The van der Waals surface area contributed by atoms with E-state index in [-0.39, 0.29) is 12.7 Å². The Morgan fingerprint density at radius 1 is 0.889 bits per heavy atom. The Morgan fingerprint density at radius 3 is 2.15 bits per heavy atom. The zero-order valence-corrected chi connectivity index (χ0v) is 16.2. The number of carbonyl (C=O) groups is 2. The first-order valence-electron chi connectivity index (χ1n) is 8.79. The van der Waals surface area contributed by atoms with Crippen molar-refractivity contribution in [2.45, 2.75) is 34.6 Å². The molecule has 0 saturated heterocycles. The maximum atomic E-state index is 12.8. The molecule has 2 N–H and O–H groups in total. The van der Waals surface area contributed by atoms with Gasteiger partial charge in [-0.1, -0.05) is 17.7 Å². The predicted molar refractivity (Wildman–Crippen MR) is 104 cm³/mol. The van der Waals surface area contributed by atoms with E-state index in [2.05, 4.69) is 10.6 Å². The summed E-state index contributed by atoms with van der Waals surface area (Å²) < 4.78 is 10.6. The molecule has 6 nitrogen and oxygen atoms in total. The number of ether oxygens (including phenoxy) is 2. The van der Waals surface area contributed by atoms with Crippen molar-refractivity contribution in [3.8, 4) is 11.5 Å². The van der Waals surface area contributed by atoms with E-state index >= 15 is 0 Å². The summed E-state index contributed by atoms with van der Waals surface area (Å²) in [5.41, 5.74) is 3.09. The minimum absolute atomic E-state index is 0.163. The van der Waals surface area contributed by atoms with Crippen LogP contribution >= 0.6 is 0 Å². The summed E-state index contributed by atoms with van der Waals surface area (Å²) in [6.07, 6.45) is 0. The number of fused-ring (bicyclic) bond motifs is 1. The second kappa shape index (κ2) is 6.95. The summed E-state index contributed by atoms with van der Waals surface area (Å²) in [4.78, 5) is 25.6. The van der Waals surface area contributed by atoms with Crippen LogP contribution in [-0.4, -0.2) is 18.6 Å². The van der Waals surface area contributed by atoms with Crippen LogP contribution < -0.4 is 20.1 Å². The molecule has 27 heavy (non-hydrogen) atoms. The summed E-state index contributed by atoms with van der Waals surface area (Å²) in [7, 11) is 0. The molecule has 0 bridgehead atoms. The number of amides is 2. The fraction of sp³-hybridized carbons (Fsp3) is 0.333. The van der Waals surface area contributed by atoms with Gasteiger partial charge in [-0.05, 0) is 57.9 Å². The third-order valence-corrected chi connectivity index (χ3v) is 4.68. The molecule has 0 saturated carbocycles. The topological polar surface area (TPSA) is 76.7 Å². The Kier molecular flexibility index (Phi) is 4.83. The molecule has 2 amide bonds. The van der Waals surface area contributed by atoms with Crippen LogP contribution in [-0.2, 0) is 9.59 Å². The quantitative estimate of drug-likeness (QED) is 0.802. The highest BCUT2D eigenvalue weighted by Gasteiger charge is 2.36. The van der Waals surface area contributed by atoms with Crippen molar-refractivity contribution in [2.24, 2.45) is 5.41 Å². The second-order valence-corrected chi connectivity index (χ2v) is 7.38. The summed E-state index contributed by atoms with van der Waals surface area (Å²) in [5.74, 6) is 0.438. The fourth-order valence-corrected chi connectivity index (χ4v) is 3.01. The minimum atomic E-state index is -1.26. The average Bonchev–Trinajstić information content (AvgIpc) is 3.05. The Bertz CT molecular complexity index is 895. The van der Waals surface area contributed by atoms with E-state index in [0.717, 1.165) is 22.4 Å². The first-order chi connectivity index (χ1) is 12.7. The Hall–Kier alpha value is -3.02. The Morgan fingerprint density at radius 2 is 1.48 bits per heavy atom. The molecule has 1 aliphatic heterocycles. The van der Waals surface area contributed by atoms with E-state index < -0.39 is 11.3 Å². The van der Waals surface area contributed by atoms with Crippen molar-refractivity contribution in [3.63, 3.8) is 0 Å². The normalized spacial score (nSPS) is 12.6. The number of nitrogens with one attached hydrogen (secondary N) is 2. The lowest BCUT2D eigenvalue weighted by molar-refractivity contribution is -0.135. The van der Waals surface area contributed by atoms with Gasteiger partial charge in [0.05, 0.1) is 0 Å². The highest BCUT2D eigenvalue weighted by molar-refractivity contribution is 6.14. The van der Waals surface area contributed by atoms with Gasteiger partial charge in [0.2, 0.25) is 18.6 Å². The van der Waals surface area contributed by atoms with Crippen molar-refractivity contribution in [1.29, 1.82) is 0 Å². The fourth-order valence-electron chi connectivity index (χ4n) is 3.01. The molecule has 0 spiro atoms. The first kappa shape index (κ1) is 18.8. The molecular weight excluding hydrogens is 344 g/mol. The highest BCUT2D eigenvalue weighted by Crippen LogP contribution is 2.35. The monoisotopic (exact) mass is 368 g/mol. The molecule has 0 atom stereocenters. The third-order valence-electron chi connectivity index (χ3n) is 4.68. The Labute approximate surface area is 158 Å². The van der Waals surface area contributed by atoms with E-state index in [9.17, 15) is 9.59 Å². The van der Waals surface area contributed by atoms with Crippen LogP contribution in [0.25, 0.3) is 0 Å². The maximum Gasteiger partial charge on any atom is 0.239 e. The molecule has 0 fully saturated rings. The predicted octanol–water partition coefficient (Wildman–Crippen LogP) is 3.94. The van der Waals surface area contributed by atoms with Crippen LogP contribution in [0.15, 0.2) is 30.3 Å². The van der Waals surface area contributed by atoms with E-state index in [1.807, 2.05) is 32.9 Å². The second-order valence-electron chi connectivity index (χ2n) is 7.38. The van der Waals surface area contributed by atoms with E-state index in [4.69, 9.17) is 9.47 Å². The molecular formula is C21H24N2O4. The van der Waals surface area contributed by atoms with Crippen molar-refractivity contribution in [2.75, 3.05) is 17.4 Å². The van der Waals surface area contributed by atoms with Crippen molar-refractivity contribution >= 4 is 23.2 Å². The van der Waals surface area contributed by atoms with Gasteiger partial charge in [-0.15, -0.1) is 0 Å². The smallest absolute Gasteiger partial charge is 0.239 e. The molecule has 0 aliphatic carbocycles. The van der Waals surface area contributed by atoms with Gasteiger partial charge in [-0.2, -0.15) is 0 Å². The van der Waals surface area contributed by atoms with Gasteiger partial charge in [0.1, 0.15) is 5.41 Å². The van der Waals surface area contributed by atoms with Gasteiger partial charge in [0.25, 0.3) is 0 Å². The van der Waals surface area contributed by atoms with Gasteiger partial charge in [0, 0.05) is 17.4 Å². The molecule has 0 radical (unpaired) electrons. The molecule has 2 aromatic rings. The molecule has 2 aromatic carbocycles. The van der Waals surface area contributed by atoms with Crippen LogP contribution in [0.1, 0.15) is 30.5 Å². The van der Waals surface area contributed by atoms with Crippen LogP contribution in [0.2, 0.25) is 0 Å². The zero-order valence-electron chi connectivity index (χ0n) is 16.2. The van der Waals surface area contributed by atoms with Crippen LogP contribution in [0.3, 0.4) is 0 Å². The summed E-state index contributed by atoms with van der Waals surface area (Å²) in [6.45, 7) is 9.25. The minimum Gasteiger partial charge on any atom is -0.454 e. The SMILES string of the molecule is Cc1cc(C)c(NC(=O)C(C)(C)C(=O)Nc2ccc3c(c2)OCO3)c(C)c1. The number of hydrogen-bond donors (Lipinski definition) is 2. The number of anilines is 2. The standard InChI is InChI=1S/C21H24N2O4/c1-12-8-13(2)18(14(3)9-12)23-20(25)21(4,5)19(24)22-15-6-7-16-17(10-15)27-11-26-16/h6-10H,11H2,1-5H3,(H,22,24)(H,23,25). The third kappa shape index (κ3) is 3.74. The molecule has 142 valence electrons. The zero-order chi connectivity index (χ0) is 19.8. The Balaban J connectivity index is 1.75. The largest absolute Gasteiger partial charge is 0.454 e. The highest BCUT2D eigenvalue weighted by atomic mass is 16.7. The van der Waals surface area contributed by atoms with E-state index in [1.165, 1.54) is 0 Å². The van der Waals surface area contributed by atoms with Crippen LogP contribution in [0, 0.1) is 26.2 Å². The van der Waals surface area contributed by atoms with Gasteiger partial charge in [-0.3, -0.25) is 9.59 Å². The van der Waals surface area contributed by atoms with Gasteiger partial charge in [0.15, 0.2) is 11.5 Å². The maximum absolute atomic E-state index is 12.8. The number of aryl methyl sites for hydroxylation is 3. The van der Waals surface area contributed by atoms with Gasteiger partial charge >= 0.3 is 0 Å². The number of rotatable bonds is 4. The summed E-state index contributed by atoms with van der Waals surface area (Å²) in [6, 6.07) is 9.13. The van der Waals surface area contributed by atoms with E-state index in [1.54, 1.807) is 32.0 Å². The lowest BCUT2D eigenvalue weighted by atomic mass is 9.90. The van der Waals surface area contributed by atoms with Crippen molar-refractivity contribution in [1.82, 2.24) is 0 Å². The van der Waals surface area contributed by atoms with Crippen LogP contribution in [0.4, 0.5) is 11.4 Å². The molecule has 1 aliphatic rings. The number of carbonyl (C=O) groups excluding carboxylic acids is 2. The lowest BCUT2D eigenvalue weighted by Gasteiger charge is -2.24. The summed E-state index contributed by atoms with van der Waals surface area (Å²) >= 11 is 0. The lowest BCUT2D eigenvalue weighted by Crippen LogP contribution is -2.41. The summed E-state index contributed by atoms with van der Waals surface area (Å²) in [5, 5.41) is 5.69. The van der Waals surface area contributed by atoms with E-state index in [0.29, 0.717) is 17.2 Å². The molecule has 0 unspecified atom stereocenters. The van der Waals surface area contributed by atoms with Gasteiger partial charge < -0.3 is 20.1 Å². The first-order valence-corrected chi connectivity index (χ1v) is 8.79. The van der Waals surface area contributed by atoms with Crippen molar-refractivity contribution < 1.29 is 19.1 Å². The van der Waals surface area contributed by atoms with Crippen molar-refractivity contribution in [3.05, 3.63) is 47.0 Å².